The van der Waals surface area contributed by atoms with Crippen molar-refractivity contribution in [2.45, 2.75) is 578 Å². The first-order valence-electron chi connectivity index (χ1n) is 61.9. The largest absolute Gasteiger partial charge is 0.0654 e. The van der Waals surface area contributed by atoms with Gasteiger partial charge in [-0.25, -0.2) is 0 Å². The zero-order chi connectivity index (χ0) is 95.4. The highest BCUT2D eigenvalue weighted by Crippen LogP contribution is 2.47. The van der Waals surface area contributed by atoms with E-state index in [4.69, 9.17) is 0 Å². The molecule has 0 radical (unpaired) electrons. The van der Waals surface area contributed by atoms with Crippen LogP contribution in [-0.2, 0) is 77.0 Å². The van der Waals surface area contributed by atoms with Crippen LogP contribution in [0.5, 0.6) is 0 Å². The molecule has 6 fully saturated rings. The first kappa shape index (κ1) is 110. The monoisotopic (exact) mass is 1870 g/mol. The third-order valence-corrected chi connectivity index (χ3v) is 37.8. The van der Waals surface area contributed by atoms with E-state index in [1.165, 1.54) is 424 Å². The Morgan fingerprint density at radius 2 is 0.246 bits per heavy atom. The zero-order valence-electron chi connectivity index (χ0n) is 90.9. The van der Waals surface area contributed by atoms with Crippen molar-refractivity contribution in [1.82, 2.24) is 0 Å². The maximum atomic E-state index is 2.63. The minimum absolute atomic E-state index is 0.706. The minimum atomic E-state index is 0.706. The molecule has 6 aliphatic carbocycles. The summed E-state index contributed by atoms with van der Waals surface area (Å²) in [6, 6.07) is 63.1. The number of aryl methyl sites for hydroxylation is 6. The lowest BCUT2D eigenvalue weighted by atomic mass is 9.75. The molecule has 0 spiro atoms. The van der Waals surface area contributed by atoms with Gasteiger partial charge in [-0.2, -0.15) is 0 Å². The van der Waals surface area contributed by atoms with E-state index in [1.807, 2.05) is 0 Å². The standard InChI is InChI=1S/C138H210/c1-7-13-19-25-31-37-43-109-49-79-121(80-50-109)127-91-61-115(62-92-127)73-103-133-134(104-74-116-63-93-128(94-64-116)122-81-51-110(52-82-122)44-38-32-26-20-14-8-2)136(106-76-118-67-97-130(98-68-118)124-85-55-112(56-86-124)46-40-34-28-22-16-10-4)138(108-78-120-71-101-132(102-72-120)126-89-59-114(60-90-126)48-42-36-30-24-18-12-6)137(107-77-119-69-99-131(100-70-119)125-87-57-113(58-88-125)47-41-35-29-23-17-11-5)135(133)105-75-117-65-95-129(96-66-117)123-83-53-111(54-84-123)45-39-33-27-21-15-9-3/h61-72,91-102,109-114,121-126H,7-60,73-90,103-108H2,1-6H3. The Bertz CT molecular complexity index is 3510. The molecule has 0 atom stereocenters. The summed E-state index contributed by atoms with van der Waals surface area (Å²) in [6.07, 6.45) is 106. The fourth-order valence-electron chi connectivity index (χ4n) is 28.2. The van der Waals surface area contributed by atoms with Crippen LogP contribution in [0.1, 0.15) is 601 Å². The molecule has 0 bridgehead atoms. The van der Waals surface area contributed by atoms with Crippen molar-refractivity contribution in [1.29, 1.82) is 0 Å². The molecule has 762 valence electrons. The summed E-state index contributed by atoms with van der Waals surface area (Å²) in [6.45, 7) is 14.1. The molecule has 0 nitrogen and oxygen atoms in total. The molecule has 7 aromatic carbocycles. The quantitative estimate of drug-likeness (QED) is 0.0333. The van der Waals surface area contributed by atoms with E-state index in [0.717, 1.165) is 113 Å². The highest BCUT2D eigenvalue weighted by Gasteiger charge is 2.32. The minimum Gasteiger partial charge on any atom is -0.0654 e. The smallest absolute Gasteiger partial charge is 0.0162 e. The lowest BCUT2D eigenvalue weighted by molar-refractivity contribution is 0.302. The third-order valence-electron chi connectivity index (χ3n) is 37.8. The normalized spacial score (nSPS) is 22.1. The molecule has 0 heterocycles. The van der Waals surface area contributed by atoms with E-state index >= 15 is 0 Å². The molecular formula is C138H210. The Hall–Kier alpha value is -5.46. The number of unbranched alkanes of at least 4 members (excludes halogenated alkanes) is 30. The van der Waals surface area contributed by atoms with Crippen molar-refractivity contribution in [3.8, 4) is 0 Å². The maximum absolute atomic E-state index is 2.63. The average molecular weight is 1870 g/mol. The summed E-state index contributed by atoms with van der Waals surface area (Å²) >= 11 is 0. The second-order valence-corrected chi connectivity index (χ2v) is 48.0. The van der Waals surface area contributed by atoms with Gasteiger partial charge in [0.25, 0.3) is 0 Å². The van der Waals surface area contributed by atoms with Crippen LogP contribution in [0, 0.1) is 35.5 Å². The van der Waals surface area contributed by atoms with Crippen LogP contribution in [0.15, 0.2) is 146 Å². The first-order valence-corrected chi connectivity index (χ1v) is 61.9. The van der Waals surface area contributed by atoms with E-state index in [0.29, 0.717) is 35.5 Å². The van der Waals surface area contributed by atoms with Crippen molar-refractivity contribution in [2.24, 2.45) is 35.5 Å². The van der Waals surface area contributed by atoms with Gasteiger partial charge in [0.05, 0.1) is 0 Å². The molecule has 6 aliphatic rings. The van der Waals surface area contributed by atoms with Gasteiger partial charge in [0.15, 0.2) is 0 Å². The Kier molecular flexibility index (Phi) is 51.2. The Labute approximate surface area is 853 Å². The molecule has 0 aromatic heterocycles. The van der Waals surface area contributed by atoms with Crippen LogP contribution in [0.4, 0.5) is 0 Å². The summed E-state index contributed by atoms with van der Waals surface area (Å²) in [5, 5.41) is 0. The average Bonchev–Trinajstić information content (AvgIpc) is 0.758. The van der Waals surface area contributed by atoms with Crippen LogP contribution in [0.25, 0.3) is 0 Å². The van der Waals surface area contributed by atoms with E-state index in [-0.39, 0.29) is 0 Å². The first-order chi connectivity index (χ1) is 68.2. The summed E-state index contributed by atoms with van der Waals surface area (Å²) in [4.78, 5) is 0. The van der Waals surface area contributed by atoms with Crippen molar-refractivity contribution >= 4 is 0 Å². The summed E-state index contributed by atoms with van der Waals surface area (Å²) in [5.41, 5.74) is 29.4. The molecule has 0 heteroatoms. The highest BCUT2D eigenvalue weighted by atomic mass is 14.4. The zero-order valence-corrected chi connectivity index (χ0v) is 90.9. The molecular weight excluding hydrogens is 1660 g/mol. The van der Waals surface area contributed by atoms with Gasteiger partial charge in [-0.15, -0.1) is 0 Å². The van der Waals surface area contributed by atoms with Crippen molar-refractivity contribution in [3.63, 3.8) is 0 Å². The summed E-state index contributed by atoms with van der Waals surface area (Å²) in [7, 11) is 0. The second-order valence-electron chi connectivity index (χ2n) is 48.0. The fourth-order valence-corrected chi connectivity index (χ4v) is 28.2. The maximum Gasteiger partial charge on any atom is -0.0162 e. The van der Waals surface area contributed by atoms with Crippen LogP contribution >= 0.6 is 0 Å². The number of hydrogen-bond acceptors (Lipinski definition) is 0. The lowest BCUT2D eigenvalue weighted by Crippen LogP contribution is -2.18. The molecule has 138 heavy (non-hydrogen) atoms. The Balaban J connectivity index is 0.859. The second kappa shape index (κ2) is 64.4. The lowest BCUT2D eigenvalue weighted by Gasteiger charge is -2.30. The molecule has 0 saturated heterocycles. The van der Waals surface area contributed by atoms with E-state index < -0.39 is 0 Å². The number of rotatable bonds is 66. The number of hydrogen-bond donors (Lipinski definition) is 0. The van der Waals surface area contributed by atoms with Gasteiger partial charge in [-0.3, -0.25) is 0 Å². The fraction of sp³-hybridized carbons (Fsp3) is 0.696. The van der Waals surface area contributed by atoms with Crippen LogP contribution in [0.2, 0.25) is 0 Å². The summed E-state index contributed by atoms with van der Waals surface area (Å²) < 4.78 is 0. The Morgan fingerprint density at radius 1 is 0.130 bits per heavy atom. The van der Waals surface area contributed by atoms with E-state index in [9.17, 15) is 0 Å². The van der Waals surface area contributed by atoms with Gasteiger partial charge in [-0.1, -0.05) is 457 Å². The molecule has 0 N–H and O–H groups in total. The predicted molar refractivity (Wildman–Crippen MR) is 606 cm³/mol. The third kappa shape index (κ3) is 37.9. The molecule has 0 aliphatic heterocycles. The van der Waals surface area contributed by atoms with Gasteiger partial charge in [0.2, 0.25) is 0 Å². The molecule has 0 amide bonds. The SMILES string of the molecule is CCCCCCCCC1CCC(c2ccc(CCc3c(CCc4ccc(C5CCC(CCCCCCCC)CC5)cc4)c(CCc4ccc(C5CCC(CCCCCCCC)CC5)cc4)c(CCc4ccc(C5CCC(CCCCCCCC)CC5)cc4)c(CCc4ccc(C5CCC(CCCCCCCC)CC5)cc4)c3CCc3ccc(C4CCC(CCCCCCCC)CC4)cc3)cc2)CC1. The van der Waals surface area contributed by atoms with Crippen LogP contribution in [0.3, 0.4) is 0 Å². The highest BCUT2D eigenvalue weighted by molar-refractivity contribution is 5.55. The summed E-state index contributed by atoms with van der Waals surface area (Å²) in [5.74, 6) is 9.84. The topological polar surface area (TPSA) is 0 Å². The van der Waals surface area contributed by atoms with E-state index in [1.54, 1.807) is 100 Å². The molecule has 13 rings (SSSR count). The van der Waals surface area contributed by atoms with Crippen LogP contribution in [-0.4, -0.2) is 0 Å². The molecule has 6 saturated carbocycles. The van der Waals surface area contributed by atoms with Crippen molar-refractivity contribution in [2.75, 3.05) is 0 Å². The van der Waals surface area contributed by atoms with Gasteiger partial charge in [-0.05, 0) is 402 Å². The predicted octanol–water partition coefficient (Wildman–Crippen LogP) is 42.5. The van der Waals surface area contributed by atoms with Gasteiger partial charge in [0, 0.05) is 0 Å². The van der Waals surface area contributed by atoms with Crippen molar-refractivity contribution in [3.05, 3.63) is 246 Å². The van der Waals surface area contributed by atoms with Crippen molar-refractivity contribution < 1.29 is 0 Å². The number of benzene rings is 7. The van der Waals surface area contributed by atoms with Gasteiger partial charge >= 0.3 is 0 Å². The molecule has 7 aromatic rings. The van der Waals surface area contributed by atoms with Gasteiger partial charge < -0.3 is 0 Å². The molecule has 0 unspecified atom stereocenters. The van der Waals surface area contributed by atoms with Gasteiger partial charge in [0.1, 0.15) is 0 Å². The Morgan fingerprint density at radius 3 is 0.370 bits per heavy atom. The van der Waals surface area contributed by atoms with Crippen LogP contribution < -0.4 is 0 Å². The van der Waals surface area contributed by atoms with E-state index in [2.05, 4.69) is 187 Å².